The second-order valence-corrected chi connectivity index (χ2v) is 3.60. The van der Waals surface area contributed by atoms with Gasteiger partial charge in [0.2, 0.25) is 0 Å². The molecule has 0 atom stereocenters. The Morgan fingerprint density at radius 2 is 1.44 bits per heavy atom. The molecular formula is C13H8F4O. The van der Waals surface area contributed by atoms with Crippen LogP contribution in [-0.2, 0) is 0 Å². The number of ether oxygens (including phenoxy) is 1. The van der Waals surface area contributed by atoms with Gasteiger partial charge in [0.1, 0.15) is 11.6 Å². The molecule has 0 unspecified atom stereocenters. The smallest absolute Gasteiger partial charge is 0.194 e. The van der Waals surface area contributed by atoms with Gasteiger partial charge in [-0.25, -0.2) is 17.6 Å². The maximum absolute atomic E-state index is 13.7. The van der Waals surface area contributed by atoms with Crippen molar-refractivity contribution in [1.82, 2.24) is 0 Å². The zero-order valence-electron chi connectivity index (χ0n) is 9.31. The highest BCUT2D eigenvalue weighted by atomic mass is 19.2. The van der Waals surface area contributed by atoms with E-state index in [1.807, 2.05) is 0 Å². The van der Waals surface area contributed by atoms with Crippen LogP contribution in [0.15, 0.2) is 30.3 Å². The Bertz CT molecular complexity index is 573. The highest BCUT2D eigenvalue weighted by Crippen LogP contribution is 2.28. The van der Waals surface area contributed by atoms with Gasteiger partial charge in [-0.2, -0.15) is 0 Å². The zero-order chi connectivity index (χ0) is 13.3. The highest BCUT2D eigenvalue weighted by molar-refractivity contribution is 5.65. The molecule has 0 spiro atoms. The SMILES string of the molecule is COc1ccc(-c2cc(F)c(F)c(F)c2)c(F)c1. The maximum atomic E-state index is 13.7. The molecule has 0 heterocycles. The number of rotatable bonds is 2. The lowest BCUT2D eigenvalue weighted by atomic mass is 10.0. The average molecular weight is 256 g/mol. The van der Waals surface area contributed by atoms with E-state index >= 15 is 0 Å². The summed E-state index contributed by atoms with van der Waals surface area (Å²) in [7, 11) is 1.37. The van der Waals surface area contributed by atoms with Crippen LogP contribution in [0.2, 0.25) is 0 Å². The fraction of sp³-hybridized carbons (Fsp3) is 0.0769. The molecule has 2 aromatic rings. The Labute approximate surface area is 101 Å². The predicted molar refractivity (Wildman–Crippen MR) is 58.3 cm³/mol. The highest BCUT2D eigenvalue weighted by Gasteiger charge is 2.14. The van der Waals surface area contributed by atoms with Crippen molar-refractivity contribution in [2.45, 2.75) is 0 Å². The van der Waals surface area contributed by atoms with E-state index in [9.17, 15) is 17.6 Å². The number of benzene rings is 2. The quantitative estimate of drug-likeness (QED) is 0.584. The first kappa shape index (κ1) is 12.4. The van der Waals surface area contributed by atoms with E-state index in [0.717, 1.165) is 18.2 Å². The van der Waals surface area contributed by atoms with E-state index in [-0.39, 0.29) is 16.9 Å². The topological polar surface area (TPSA) is 9.23 Å². The molecule has 0 aliphatic rings. The lowest BCUT2D eigenvalue weighted by Crippen LogP contribution is -1.94. The van der Waals surface area contributed by atoms with Crippen molar-refractivity contribution in [3.8, 4) is 16.9 Å². The second-order valence-electron chi connectivity index (χ2n) is 3.60. The van der Waals surface area contributed by atoms with Gasteiger partial charge < -0.3 is 4.74 Å². The summed E-state index contributed by atoms with van der Waals surface area (Å²) in [6, 6.07) is 5.30. The molecule has 94 valence electrons. The molecule has 5 heteroatoms. The molecule has 2 aromatic carbocycles. The van der Waals surface area contributed by atoms with Crippen LogP contribution in [0.3, 0.4) is 0 Å². The van der Waals surface area contributed by atoms with Crippen molar-refractivity contribution < 1.29 is 22.3 Å². The molecule has 0 bridgehead atoms. The summed E-state index contributed by atoms with van der Waals surface area (Å²) >= 11 is 0. The fourth-order valence-corrected chi connectivity index (χ4v) is 1.57. The first-order valence-corrected chi connectivity index (χ1v) is 5.01. The van der Waals surface area contributed by atoms with E-state index in [1.165, 1.54) is 19.2 Å². The third-order valence-electron chi connectivity index (χ3n) is 2.47. The normalized spacial score (nSPS) is 10.5. The summed E-state index contributed by atoms with van der Waals surface area (Å²) in [4.78, 5) is 0. The van der Waals surface area contributed by atoms with Crippen molar-refractivity contribution in [3.05, 3.63) is 53.6 Å². The van der Waals surface area contributed by atoms with Gasteiger partial charge in [-0.1, -0.05) is 0 Å². The van der Waals surface area contributed by atoms with Gasteiger partial charge in [-0.05, 0) is 29.8 Å². The van der Waals surface area contributed by atoms with Crippen molar-refractivity contribution >= 4 is 0 Å². The van der Waals surface area contributed by atoms with Gasteiger partial charge in [0.15, 0.2) is 17.5 Å². The van der Waals surface area contributed by atoms with Gasteiger partial charge in [0.05, 0.1) is 7.11 Å². The van der Waals surface area contributed by atoms with Crippen LogP contribution in [0.1, 0.15) is 0 Å². The number of methoxy groups -OCH3 is 1. The molecule has 0 aromatic heterocycles. The van der Waals surface area contributed by atoms with Crippen LogP contribution in [0, 0.1) is 23.3 Å². The van der Waals surface area contributed by atoms with Crippen molar-refractivity contribution in [2.75, 3.05) is 7.11 Å². The summed E-state index contributed by atoms with van der Waals surface area (Å²) in [5.41, 5.74) is -0.111. The molecule has 2 rings (SSSR count). The van der Waals surface area contributed by atoms with Crippen LogP contribution in [0.25, 0.3) is 11.1 Å². The van der Waals surface area contributed by atoms with E-state index in [0.29, 0.717) is 0 Å². The molecule has 18 heavy (non-hydrogen) atoms. The van der Waals surface area contributed by atoms with E-state index in [2.05, 4.69) is 0 Å². The van der Waals surface area contributed by atoms with Crippen LogP contribution in [0.4, 0.5) is 17.6 Å². The number of hydrogen-bond donors (Lipinski definition) is 0. The minimum atomic E-state index is -1.58. The first-order chi connectivity index (χ1) is 8.52. The molecule has 0 aliphatic heterocycles. The molecule has 0 saturated carbocycles. The Balaban J connectivity index is 2.55. The van der Waals surface area contributed by atoms with Crippen molar-refractivity contribution in [2.24, 2.45) is 0 Å². The first-order valence-electron chi connectivity index (χ1n) is 5.01. The van der Waals surface area contributed by atoms with E-state index < -0.39 is 23.3 Å². The summed E-state index contributed by atoms with van der Waals surface area (Å²) in [6.45, 7) is 0. The van der Waals surface area contributed by atoms with Gasteiger partial charge in [-0.15, -0.1) is 0 Å². The van der Waals surface area contributed by atoms with Gasteiger partial charge in [0.25, 0.3) is 0 Å². The average Bonchev–Trinajstić information content (AvgIpc) is 2.35. The molecular weight excluding hydrogens is 248 g/mol. The maximum Gasteiger partial charge on any atom is 0.194 e. The van der Waals surface area contributed by atoms with Crippen LogP contribution >= 0.6 is 0 Å². The van der Waals surface area contributed by atoms with Crippen molar-refractivity contribution in [1.29, 1.82) is 0 Å². The van der Waals surface area contributed by atoms with Crippen LogP contribution in [0.5, 0.6) is 5.75 Å². The monoisotopic (exact) mass is 256 g/mol. The van der Waals surface area contributed by atoms with Crippen molar-refractivity contribution in [3.63, 3.8) is 0 Å². The Morgan fingerprint density at radius 1 is 0.833 bits per heavy atom. The molecule has 0 amide bonds. The van der Waals surface area contributed by atoms with Gasteiger partial charge >= 0.3 is 0 Å². The Kier molecular flexibility index (Phi) is 3.23. The largest absolute Gasteiger partial charge is 0.497 e. The summed E-state index contributed by atoms with van der Waals surface area (Å²) in [5.74, 6) is -4.73. The van der Waals surface area contributed by atoms with Gasteiger partial charge in [-0.3, -0.25) is 0 Å². The summed E-state index contributed by atoms with van der Waals surface area (Å²) in [5, 5.41) is 0. The fourth-order valence-electron chi connectivity index (χ4n) is 1.57. The molecule has 0 N–H and O–H groups in total. The van der Waals surface area contributed by atoms with Gasteiger partial charge in [0, 0.05) is 11.6 Å². The molecule has 0 saturated heterocycles. The number of halogens is 4. The predicted octanol–water partition coefficient (Wildman–Crippen LogP) is 3.92. The lowest BCUT2D eigenvalue weighted by molar-refractivity contribution is 0.411. The molecule has 0 fully saturated rings. The molecule has 1 nitrogen and oxygen atoms in total. The van der Waals surface area contributed by atoms with Crippen LogP contribution in [-0.4, -0.2) is 7.11 Å². The standard InChI is InChI=1S/C13H8F4O/c1-18-8-2-3-9(10(14)6-8)7-4-11(15)13(17)12(16)5-7/h2-6H,1H3. The second kappa shape index (κ2) is 4.68. The summed E-state index contributed by atoms with van der Waals surface area (Å²) < 4.78 is 57.3. The Morgan fingerprint density at radius 3 is 1.94 bits per heavy atom. The Hall–Kier alpha value is -2.04. The molecule has 0 radical (unpaired) electrons. The zero-order valence-corrected chi connectivity index (χ0v) is 9.31. The molecule has 0 aliphatic carbocycles. The van der Waals surface area contributed by atoms with E-state index in [1.54, 1.807) is 0 Å². The van der Waals surface area contributed by atoms with Crippen LogP contribution < -0.4 is 4.74 Å². The van der Waals surface area contributed by atoms with E-state index in [4.69, 9.17) is 4.74 Å². The minimum Gasteiger partial charge on any atom is -0.497 e. The third-order valence-corrected chi connectivity index (χ3v) is 2.47. The number of hydrogen-bond acceptors (Lipinski definition) is 1. The lowest BCUT2D eigenvalue weighted by Gasteiger charge is -2.07. The third kappa shape index (κ3) is 2.16. The minimum absolute atomic E-state index is 0.0337. The summed E-state index contributed by atoms with van der Waals surface area (Å²) in [6.07, 6.45) is 0.